The first kappa shape index (κ1) is 16.6. The average Bonchev–Trinajstić information content (AvgIpc) is 3.17. The molecule has 4 nitrogen and oxygen atoms in total. The number of benzene rings is 1. The van der Waals surface area contributed by atoms with Gasteiger partial charge in [-0.25, -0.2) is 8.78 Å². The Morgan fingerprint density at radius 3 is 2.75 bits per heavy atom. The summed E-state index contributed by atoms with van der Waals surface area (Å²) in [4.78, 5) is 14.1. The third kappa shape index (κ3) is 4.40. The van der Waals surface area contributed by atoms with E-state index in [4.69, 9.17) is 0 Å². The Balaban J connectivity index is 1.45. The van der Waals surface area contributed by atoms with E-state index in [2.05, 4.69) is 5.10 Å². The van der Waals surface area contributed by atoms with E-state index in [9.17, 15) is 13.6 Å². The maximum Gasteiger partial charge on any atom is 0.222 e. The molecule has 1 atom stereocenters. The van der Waals surface area contributed by atoms with E-state index in [0.29, 0.717) is 24.9 Å². The van der Waals surface area contributed by atoms with E-state index >= 15 is 0 Å². The molecule has 0 spiro atoms. The summed E-state index contributed by atoms with van der Waals surface area (Å²) < 4.78 is 28.3. The summed E-state index contributed by atoms with van der Waals surface area (Å²) in [5.41, 5.74) is 0.658. The Bertz CT molecular complexity index is 667. The highest BCUT2D eigenvalue weighted by atomic mass is 19.1. The van der Waals surface area contributed by atoms with Crippen LogP contribution < -0.4 is 0 Å². The Kier molecular flexibility index (Phi) is 5.23. The van der Waals surface area contributed by atoms with E-state index < -0.39 is 11.6 Å². The number of hydrogen-bond donors (Lipinski definition) is 0. The second kappa shape index (κ2) is 7.55. The van der Waals surface area contributed by atoms with Crippen LogP contribution in [-0.4, -0.2) is 33.7 Å². The number of nitrogens with zero attached hydrogens (tertiary/aromatic N) is 3. The third-order valence-electron chi connectivity index (χ3n) is 4.42. The lowest BCUT2D eigenvalue weighted by molar-refractivity contribution is -0.130. The second-order valence-corrected chi connectivity index (χ2v) is 6.35. The van der Waals surface area contributed by atoms with E-state index in [1.54, 1.807) is 6.20 Å². The molecule has 2 heterocycles. The fourth-order valence-corrected chi connectivity index (χ4v) is 3.27. The maximum absolute atomic E-state index is 13.3. The Labute approximate surface area is 140 Å². The van der Waals surface area contributed by atoms with Crippen molar-refractivity contribution in [2.45, 2.75) is 32.2 Å². The van der Waals surface area contributed by atoms with Crippen LogP contribution in [0.2, 0.25) is 0 Å². The predicted molar refractivity (Wildman–Crippen MR) is 86.2 cm³/mol. The van der Waals surface area contributed by atoms with Crippen LogP contribution in [0.3, 0.4) is 0 Å². The summed E-state index contributed by atoms with van der Waals surface area (Å²) in [7, 11) is 0. The first-order valence-electron chi connectivity index (χ1n) is 8.30. The first-order chi connectivity index (χ1) is 11.6. The van der Waals surface area contributed by atoms with Gasteiger partial charge in [-0.1, -0.05) is 0 Å². The van der Waals surface area contributed by atoms with Crippen LogP contribution in [-0.2, 0) is 17.8 Å². The summed E-state index contributed by atoms with van der Waals surface area (Å²) in [5, 5.41) is 4.11. The van der Waals surface area contributed by atoms with E-state index in [-0.39, 0.29) is 11.8 Å². The number of aromatic nitrogens is 2. The van der Waals surface area contributed by atoms with Crippen LogP contribution in [0.25, 0.3) is 0 Å². The Hall–Kier alpha value is -2.24. The smallest absolute Gasteiger partial charge is 0.222 e. The highest BCUT2D eigenvalue weighted by Crippen LogP contribution is 2.22. The molecule has 24 heavy (non-hydrogen) atoms. The van der Waals surface area contributed by atoms with Gasteiger partial charge in [-0.05, 0) is 48.9 Å². The van der Waals surface area contributed by atoms with Crippen LogP contribution in [0, 0.1) is 17.6 Å². The van der Waals surface area contributed by atoms with Crippen LogP contribution in [0.15, 0.2) is 36.7 Å². The molecule has 1 unspecified atom stereocenters. The molecule has 0 radical (unpaired) electrons. The van der Waals surface area contributed by atoms with Gasteiger partial charge in [0.25, 0.3) is 0 Å². The van der Waals surface area contributed by atoms with Gasteiger partial charge in [-0.2, -0.15) is 5.10 Å². The molecular formula is C18H21F2N3O. The first-order valence-corrected chi connectivity index (χ1v) is 8.30. The number of likely N-dealkylation sites (tertiary alicyclic amines) is 1. The van der Waals surface area contributed by atoms with Gasteiger partial charge >= 0.3 is 0 Å². The molecule has 1 saturated heterocycles. The van der Waals surface area contributed by atoms with Gasteiger partial charge in [0.2, 0.25) is 5.91 Å². The zero-order valence-corrected chi connectivity index (χ0v) is 13.5. The van der Waals surface area contributed by atoms with Crippen LogP contribution in [0.1, 0.15) is 24.8 Å². The number of carbonyl (C=O) groups excluding carboxylic acids is 1. The van der Waals surface area contributed by atoms with Crippen molar-refractivity contribution < 1.29 is 13.6 Å². The quantitative estimate of drug-likeness (QED) is 0.815. The van der Waals surface area contributed by atoms with Gasteiger partial charge in [0.1, 0.15) is 11.6 Å². The highest BCUT2D eigenvalue weighted by molar-refractivity contribution is 5.76. The fourth-order valence-electron chi connectivity index (χ4n) is 3.27. The number of aryl methyl sites for hydroxylation is 1. The molecule has 0 aliphatic carbocycles. The molecule has 128 valence electrons. The van der Waals surface area contributed by atoms with Crippen LogP contribution in [0.4, 0.5) is 8.78 Å². The molecule has 1 amide bonds. The van der Waals surface area contributed by atoms with E-state index in [1.807, 2.05) is 21.8 Å². The largest absolute Gasteiger partial charge is 0.342 e. The predicted octanol–water partition coefficient (Wildman–Crippen LogP) is 3.03. The Morgan fingerprint density at radius 2 is 2.04 bits per heavy atom. The van der Waals surface area contributed by atoms with Crippen molar-refractivity contribution in [1.82, 2.24) is 14.7 Å². The normalized spacial score (nSPS) is 17.4. The fraction of sp³-hybridized carbons (Fsp3) is 0.444. The van der Waals surface area contributed by atoms with Gasteiger partial charge in [-0.15, -0.1) is 0 Å². The SMILES string of the molecule is O=C(CCCn1cccn1)N1CCC(Cc2cc(F)cc(F)c2)C1. The van der Waals surface area contributed by atoms with Crippen molar-refractivity contribution in [3.63, 3.8) is 0 Å². The van der Waals surface area contributed by atoms with Gasteiger partial charge in [-0.3, -0.25) is 9.48 Å². The molecule has 0 bridgehead atoms. The summed E-state index contributed by atoms with van der Waals surface area (Å²) in [6, 6.07) is 5.49. The van der Waals surface area contributed by atoms with Gasteiger partial charge in [0.15, 0.2) is 0 Å². The molecule has 1 aromatic heterocycles. The molecule has 0 N–H and O–H groups in total. The van der Waals surface area contributed by atoms with Crippen LogP contribution >= 0.6 is 0 Å². The topological polar surface area (TPSA) is 38.1 Å². The zero-order valence-electron chi connectivity index (χ0n) is 13.5. The van der Waals surface area contributed by atoms with Crippen molar-refractivity contribution in [2.24, 2.45) is 5.92 Å². The summed E-state index contributed by atoms with van der Waals surface area (Å²) in [6.07, 6.45) is 6.35. The van der Waals surface area contributed by atoms with E-state index in [0.717, 1.165) is 32.0 Å². The summed E-state index contributed by atoms with van der Waals surface area (Å²) in [6.45, 7) is 2.13. The molecule has 0 saturated carbocycles. The minimum atomic E-state index is -0.547. The minimum Gasteiger partial charge on any atom is -0.342 e. The average molecular weight is 333 g/mol. The second-order valence-electron chi connectivity index (χ2n) is 6.35. The lowest BCUT2D eigenvalue weighted by atomic mass is 9.98. The molecule has 1 fully saturated rings. The Morgan fingerprint density at radius 1 is 1.25 bits per heavy atom. The summed E-state index contributed by atoms with van der Waals surface area (Å²) in [5.74, 6) is -0.680. The van der Waals surface area contributed by atoms with Crippen molar-refractivity contribution in [1.29, 1.82) is 0 Å². The standard InChI is InChI=1S/C18H21F2N3O/c19-16-10-15(11-17(20)12-16)9-14-4-8-22(13-14)18(24)3-1-6-23-7-2-5-21-23/h2,5,7,10-12,14H,1,3-4,6,8-9,13H2. The van der Waals surface area contributed by atoms with E-state index in [1.165, 1.54) is 12.1 Å². The molecule has 2 aromatic rings. The molecule has 1 aromatic carbocycles. The minimum absolute atomic E-state index is 0.148. The van der Waals surface area contributed by atoms with Gasteiger partial charge in [0, 0.05) is 44.5 Å². The molecule has 3 rings (SSSR count). The summed E-state index contributed by atoms with van der Waals surface area (Å²) >= 11 is 0. The van der Waals surface area contributed by atoms with Crippen LogP contribution in [0.5, 0.6) is 0 Å². The van der Waals surface area contributed by atoms with Crippen molar-refractivity contribution in [2.75, 3.05) is 13.1 Å². The maximum atomic E-state index is 13.3. The molecule has 1 aliphatic heterocycles. The monoisotopic (exact) mass is 333 g/mol. The number of halogens is 2. The molecule has 6 heteroatoms. The number of carbonyl (C=O) groups is 1. The van der Waals surface area contributed by atoms with Crippen molar-refractivity contribution in [3.05, 3.63) is 53.9 Å². The van der Waals surface area contributed by atoms with Gasteiger partial charge in [0.05, 0.1) is 0 Å². The third-order valence-corrected chi connectivity index (χ3v) is 4.42. The lowest BCUT2D eigenvalue weighted by Gasteiger charge is -2.16. The highest BCUT2D eigenvalue weighted by Gasteiger charge is 2.26. The lowest BCUT2D eigenvalue weighted by Crippen LogP contribution is -2.29. The number of rotatable bonds is 6. The van der Waals surface area contributed by atoms with Crippen molar-refractivity contribution >= 4 is 5.91 Å². The zero-order chi connectivity index (χ0) is 16.9. The molecular weight excluding hydrogens is 312 g/mol. The number of hydrogen-bond acceptors (Lipinski definition) is 2. The van der Waals surface area contributed by atoms with Crippen molar-refractivity contribution in [3.8, 4) is 0 Å². The molecule has 1 aliphatic rings. The number of amides is 1. The van der Waals surface area contributed by atoms with Gasteiger partial charge < -0.3 is 4.90 Å².